The highest BCUT2D eigenvalue weighted by molar-refractivity contribution is 7.99. The number of pyridine rings is 1. The minimum absolute atomic E-state index is 0.255. The third-order valence-electron chi connectivity index (χ3n) is 2.55. The lowest BCUT2D eigenvalue weighted by Crippen LogP contribution is -2.05. The van der Waals surface area contributed by atoms with E-state index in [1.54, 1.807) is 25.1 Å². The van der Waals surface area contributed by atoms with E-state index in [9.17, 15) is 9.90 Å². The van der Waals surface area contributed by atoms with Gasteiger partial charge in [0.2, 0.25) is 0 Å². The lowest BCUT2D eigenvalue weighted by molar-refractivity contribution is 0.0691. The molecule has 1 heterocycles. The number of rotatable bonds is 3. The normalized spacial score (nSPS) is 10.5. The van der Waals surface area contributed by atoms with Gasteiger partial charge in [0.1, 0.15) is 0 Å². The van der Waals surface area contributed by atoms with Gasteiger partial charge in [0.05, 0.1) is 11.3 Å². The van der Waals surface area contributed by atoms with E-state index in [1.807, 2.05) is 19.1 Å². The summed E-state index contributed by atoms with van der Waals surface area (Å²) >= 11 is 7.23. The van der Waals surface area contributed by atoms with Gasteiger partial charge in [-0.15, -0.1) is 0 Å². The number of nitrogens with zero attached hydrogens (tertiary/aromatic N) is 1. The topological polar surface area (TPSA) is 50.2 Å². The molecule has 0 amide bonds. The van der Waals surface area contributed by atoms with Crippen LogP contribution in [0.2, 0.25) is 5.02 Å². The molecule has 0 aliphatic rings. The Labute approximate surface area is 120 Å². The Morgan fingerprint density at radius 3 is 2.47 bits per heavy atom. The minimum atomic E-state index is -0.957. The Balaban J connectivity index is 2.44. The molecule has 1 aromatic heterocycles. The molecule has 0 saturated carbocycles. The number of aromatic nitrogens is 1. The molecular formula is C14H12ClNO2S. The van der Waals surface area contributed by atoms with E-state index in [4.69, 9.17) is 11.6 Å². The number of hydrogen-bond acceptors (Lipinski definition) is 3. The number of hydrogen-bond donors (Lipinski definition) is 1. The Kier molecular flexibility index (Phi) is 4.12. The fourth-order valence-corrected chi connectivity index (χ4v) is 2.98. The summed E-state index contributed by atoms with van der Waals surface area (Å²) in [7, 11) is 0. The molecule has 0 aliphatic heterocycles. The van der Waals surface area contributed by atoms with Gasteiger partial charge >= 0.3 is 5.97 Å². The first-order chi connectivity index (χ1) is 8.97. The van der Waals surface area contributed by atoms with E-state index < -0.39 is 5.97 Å². The Bertz CT molecular complexity index is 626. The maximum Gasteiger partial charge on any atom is 0.338 e. The lowest BCUT2D eigenvalue weighted by Gasteiger charge is -2.09. The summed E-state index contributed by atoms with van der Waals surface area (Å²) < 4.78 is 0. The third-order valence-corrected chi connectivity index (χ3v) is 3.85. The predicted octanol–water partition coefficient (Wildman–Crippen LogP) is 4.20. The smallest absolute Gasteiger partial charge is 0.338 e. The van der Waals surface area contributed by atoms with Crippen LogP contribution in [0.5, 0.6) is 0 Å². The van der Waals surface area contributed by atoms with Crippen molar-refractivity contribution in [1.82, 2.24) is 4.98 Å². The van der Waals surface area contributed by atoms with Gasteiger partial charge in [0, 0.05) is 20.5 Å². The summed E-state index contributed by atoms with van der Waals surface area (Å²) in [5.41, 5.74) is 1.59. The first kappa shape index (κ1) is 13.9. The number of aryl methyl sites for hydroxylation is 2. The number of halogens is 1. The van der Waals surface area contributed by atoms with Gasteiger partial charge < -0.3 is 5.11 Å². The number of carbonyl (C=O) groups is 1. The monoisotopic (exact) mass is 293 g/mol. The molecule has 0 bridgehead atoms. The average Bonchev–Trinajstić information content (AvgIpc) is 2.30. The van der Waals surface area contributed by atoms with Crippen LogP contribution < -0.4 is 0 Å². The van der Waals surface area contributed by atoms with Gasteiger partial charge in [0.25, 0.3) is 0 Å². The van der Waals surface area contributed by atoms with Crippen LogP contribution in [0, 0.1) is 13.8 Å². The second kappa shape index (κ2) is 5.63. The largest absolute Gasteiger partial charge is 0.478 e. The molecule has 0 atom stereocenters. The van der Waals surface area contributed by atoms with Gasteiger partial charge in [-0.25, -0.2) is 4.79 Å². The Morgan fingerprint density at radius 2 is 1.89 bits per heavy atom. The van der Waals surface area contributed by atoms with Crippen LogP contribution in [-0.2, 0) is 0 Å². The van der Waals surface area contributed by atoms with Crippen LogP contribution >= 0.6 is 23.4 Å². The molecule has 0 radical (unpaired) electrons. The number of carboxylic acid groups (broad SMARTS) is 1. The molecule has 0 unspecified atom stereocenters. The second-order valence-electron chi connectivity index (χ2n) is 4.08. The highest BCUT2D eigenvalue weighted by Crippen LogP contribution is 2.32. The molecule has 98 valence electrons. The zero-order valence-corrected chi connectivity index (χ0v) is 12.0. The van der Waals surface area contributed by atoms with Gasteiger partial charge in [-0.2, -0.15) is 0 Å². The fourth-order valence-electron chi connectivity index (χ4n) is 1.76. The number of aromatic carboxylic acids is 1. The molecule has 0 fully saturated rings. The van der Waals surface area contributed by atoms with Gasteiger partial charge in [-0.05, 0) is 44.2 Å². The van der Waals surface area contributed by atoms with Crippen molar-refractivity contribution in [2.75, 3.05) is 0 Å². The molecule has 0 aliphatic carbocycles. The van der Waals surface area contributed by atoms with Crippen molar-refractivity contribution in [3.63, 3.8) is 0 Å². The van der Waals surface area contributed by atoms with Crippen LogP contribution in [0.15, 0.2) is 40.1 Å². The van der Waals surface area contributed by atoms with E-state index >= 15 is 0 Å². The highest BCUT2D eigenvalue weighted by Gasteiger charge is 2.16. The molecule has 0 spiro atoms. The van der Waals surface area contributed by atoms with Crippen molar-refractivity contribution < 1.29 is 9.90 Å². The van der Waals surface area contributed by atoms with E-state index in [1.165, 1.54) is 11.8 Å². The summed E-state index contributed by atoms with van der Waals surface area (Å²) in [6, 6.07) is 9.08. The molecule has 19 heavy (non-hydrogen) atoms. The number of benzene rings is 1. The quantitative estimate of drug-likeness (QED) is 0.921. The van der Waals surface area contributed by atoms with Crippen molar-refractivity contribution in [1.29, 1.82) is 0 Å². The van der Waals surface area contributed by atoms with Crippen LogP contribution in [-0.4, -0.2) is 16.1 Å². The molecule has 0 saturated heterocycles. The van der Waals surface area contributed by atoms with Crippen molar-refractivity contribution >= 4 is 29.3 Å². The highest BCUT2D eigenvalue weighted by atomic mass is 35.5. The van der Waals surface area contributed by atoms with Gasteiger partial charge in [-0.1, -0.05) is 23.4 Å². The van der Waals surface area contributed by atoms with Crippen molar-refractivity contribution in [2.24, 2.45) is 0 Å². The fraction of sp³-hybridized carbons (Fsp3) is 0.143. The van der Waals surface area contributed by atoms with Gasteiger partial charge in [0.15, 0.2) is 0 Å². The lowest BCUT2D eigenvalue weighted by atomic mass is 10.2. The average molecular weight is 294 g/mol. The summed E-state index contributed by atoms with van der Waals surface area (Å²) in [5, 5.41) is 9.94. The Morgan fingerprint density at radius 1 is 1.26 bits per heavy atom. The third kappa shape index (κ3) is 3.28. The Hall–Kier alpha value is -1.52. The van der Waals surface area contributed by atoms with Crippen LogP contribution in [0.1, 0.15) is 21.7 Å². The SMILES string of the molecule is Cc1cc(Sc2ccc(Cl)cc2)c(C(=O)O)c(C)n1. The second-order valence-corrected chi connectivity index (χ2v) is 5.64. The van der Waals surface area contributed by atoms with Crippen molar-refractivity contribution in [3.8, 4) is 0 Å². The molecule has 3 nitrogen and oxygen atoms in total. The zero-order valence-electron chi connectivity index (χ0n) is 10.5. The zero-order chi connectivity index (χ0) is 14.0. The van der Waals surface area contributed by atoms with Crippen LogP contribution in [0.4, 0.5) is 0 Å². The standard InChI is InChI=1S/C14H12ClNO2S/c1-8-7-12(13(14(17)18)9(2)16-8)19-11-5-3-10(15)4-6-11/h3-7H,1-2H3,(H,17,18). The minimum Gasteiger partial charge on any atom is -0.478 e. The maximum atomic E-state index is 11.3. The summed E-state index contributed by atoms with van der Waals surface area (Å²) in [5.74, 6) is -0.957. The molecule has 1 N–H and O–H groups in total. The molecule has 1 aromatic carbocycles. The molecule has 5 heteroatoms. The van der Waals surface area contributed by atoms with E-state index in [-0.39, 0.29) is 5.56 Å². The summed E-state index contributed by atoms with van der Waals surface area (Å²) in [6.07, 6.45) is 0. The molecular weight excluding hydrogens is 282 g/mol. The van der Waals surface area contributed by atoms with Crippen molar-refractivity contribution in [2.45, 2.75) is 23.6 Å². The van der Waals surface area contributed by atoms with E-state index in [0.29, 0.717) is 15.6 Å². The van der Waals surface area contributed by atoms with Crippen molar-refractivity contribution in [3.05, 3.63) is 52.3 Å². The maximum absolute atomic E-state index is 11.3. The number of carboxylic acids is 1. The predicted molar refractivity (Wildman–Crippen MR) is 76.2 cm³/mol. The van der Waals surface area contributed by atoms with Crippen LogP contribution in [0.25, 0.3) is 0 Å². The van der Waals surface area contributed by atoms with Gasteiger partial charge in [-0.3, -0.25) is 4.98 Å². The first-order valence-electron chi connectivity index (χ1n) is 5.62. The summed E-state index contributed by atoms with van der Waals surface area (Å²) in [4.78, 5) is 17.2. The molecule has 2 rings (SSSR count). The van der Waals surface area contributed by atoms with E-state index in [0.717, 1.165) is 10.6 Å². The first-order valence-corrected chi connectivity index (χ1v) is 6.82. The summed E-state index contributed by atoms with van der Waals surface area (Å²) in [6.45, 7) is 3.56. The molecule has 2 aromatic rings. The van der Waals surface area contributed by atoms with E-state index in [2.05, 4.69) is 4.98 Å². The van der Waals surface area contributed by atoms with Crippen LogP contribution in [0.3, 0.4) is 0 Å².